The molecule has 2 aromatic rings. The van der Waals surface area contributed by atoms with Crippen molar-refractivity contribution in [2.75, 3.05) is 33.2 Å². The van der Waals surface area contributed by atoms with Gasteiger partial charge in [0.1, 0.15) is 11.5 Å². The summed E-state index contributed by atoms with van der Waals surface area (Å²) in [6, 6.07) is 7.80. The van der Waals surface area contributed by atoms with E-state index in [9.17, 15) is 0 Å². The van der Waals surface area contributed by atoms with Crippen LogP contribution in [-0.4, -0.2) is 48.9 Å². The van der Waals surface area contributed by atoms with Gasteiger partial charge in [-0.25, -0.2) is 4.99 Å². The van der Waals surface area contributed by atoms with Crippen LogP contribution in [0.15, 0.2) is 29.3 Å². The fourth-order valence-electron chi connectivity index (χ4n) is 2.92. The Morgan fingerprint density at radius 2 is 1.96 bits per heavy atom. The summed E-state index contributed by atoms with van der Waals surface area (Å²) in [4.78, 5) is 10.9. The topological polar surface area (TPSA) is 28.1 Å². The van der Waals surface area contributed by atoms with Crippen molar-refractivity contribution in [2.24, 2.45) is 4.99 Å². The van der Waals surface area contributed by atoms with Crippen molar-refractivity contribution in [1.29, 1.82) is 0 Å². The number of ether oxygens (including phenoxy) is 1. The maximum Gasteiger partial charge on any atom is 0.192 e. The first-order chi connectivity index (χ1) is 11.1. The number of thiophene rings is 1. The van der Waals surface area contributed by atoms with E-state index in [0.29, 0.717) is 5.02 Å². The van der Waals surface area contributed by atoms with Crippen LogP contribution in [0.4, 0.5) is 5.69 Å². The third-order valence-electron chi connectivity index (χ3n) is 4.22. The zero-order valence-electron chi connectivity index (χ0n) is 13.2. The number of aliphatic imine (C=N–C) groups is 1. The van der Waals surface area contributed by atoms with E-state index < -0.39 is 0 Å². The van der Waals surface area contributed by atoms with Gasteiger partial charge in [0.05, 0.1) is 5.56 Å². The summed E-state index contributed by atoms with van der Waals surface area (Å²) < 4.78 is 6.13. The molecule has 0 atom stereocenters. The zero-order chi connectivity index (χ0) is 16.0. The minimum Gasteiger partial charge on any atom is -0.444 e. The lowest BCUT2D eigenvalue weighted by atomic mass is 10.2. The Hall–Kier alpha value is -1.56. The molecule has 0 saturated carbocycles. The Labute approximate surface area is 145 Å². The van der Waals surface area contributed by atoms with Gasteiger partial charge in [-0.3, -0.25) is 0 Å². The van der Waals surface area contributed by atoms with Gasteiger partial charge < -0.3 is 14.5 Å². The minimum absolute atomic E-state index is 0.664. The molecule has 0 spiro atoms. The van der Waals surface area contributed by atoms with Crippen molar-refractivity contribution in [3.63, 3.8) is 0 Å². The predicted molar refractivity (Wildman–Crippen MR) is 95.8 cm³/mol. The Kier molecular flexibility index (Phi) is 3.79. The summed E-state index contributed by atoms with van der Waals surface area (Å²) in [5.74, 6) is 1.74. The average Bonchev–Trinajstić information content (AvgIpc) is 2.81. The van der Waals surface area contributed by atoms with E-state index in [2.05, 4.69) is 29.8 Å². The summed E-state index contributed by atoms with van der Waals surface area (Å²) >= 11 is 7.78. The fourth-order valence-corrected chi connectivity index (χ4v) is 3.94. The van der Waals surface area contributed by atoms with Crippen LogP contribution < -0.4 is 4.74 Å². The first kappa shape index (κ1) is 15.0. The monoisotopic (exact) mass is 347 g/mol. The lowest BCUT2D eigenvalue weighted by molar-refractivity contribution is 0.216. The smallest absolute Gasteiger partial charge is 0.192 e. The van der Waals surface area contributed by atoms with Crippen LogP contribution in [0.5, 0.6) is 10.8 Å². The summed E-state index contributed by atoms with van der Waals surface area (Å²) in [7, 11) is 2.16. The predicted octanol–water partition coefficient (Wildman–Crippen LogP) is 4.14. The van der Waals surface area contributed by atoms with E-state index in [1.165, 1.54) is 4.88 Å². The molecule has 0 unspecified atom stereocenters. The Morgan fingerprint density at radius 1 is 1.17 bits per heavy atom. The van der Waals surface area contributed by atoms with Gasteiger partial charge in [-0.15, -0.1) is 11.3 Å². The molecule has 2 aliphatic rings. The molecule has 2 aliphatic heterocycles. The highest BCUT2D eigenvalue weighted by atomic mass is 35.5. The van der Waals surface area contributed by atoms with Gasteiger partial charge in [-0.2, -0.15) is 0 Å². The number of hydrogen-bond donors (Lipinski definition) is 0. The normalized spacial score (nSPS) is 17.9. The third kappa shape index (κ3) is 2.84. The van der Waals surface area contributed by atoms with E-state index in [1.807, 2.05) is 18.2 Å². The van der Waals surface area contributed by atoms with E-state index >= 15 is 0 Å². The van der Waals surface area contributed by atoms with Crippen LogP contribution in [-0.2, 0) is 0 Å². The Morgan fingerprint density at radius 3 is 2.74 bits per heavy atom. The van der Waals surface area contributed by atoms with Gasteiger partial charge in [0.15, 0.2) is 10.8 Å². The lowest BCUT2D eigenvalue weighted by Gasteiger charge is -2.34. The number of hydrogen-bond acceptors (Lipinski definition) is 5. The standard InChI is InChI=1S/C17H18ClN3OS/c1-11-9-13-16(21-7-5-20(2)6-8-21)19-14-4-3-12(18)10-15(14)22-17(13)23-11/h3-4,9-10H,5-8H2,1-2H3. The van der Waals surface area contributed by atoms with E-state index in [1.54, 1.807) is 11.3 Å². The van der Waals surface area contributed by atoms with Gasteiger partial charge in [0.2, 0.25) is 0 Å². The number of halogens is 1. The van der Waals surface area contributed by atoms with Gasteiger partial charge in [0, 0.05) is 42.1 Å². The molecule has 120 valence electrons. The number of benzene rings is 1. The zero-order valence-corrected chi connectivity index (χ0v) is 14.7. The molecule has 23 heavy (non-hydrogen) atoms. The number of aryl methyl sites for hydroxylation is 1. The number of amidine groups is 1. The molecule has 1 aromatic heterocycles. The summed E-state index contributed by atoms with van der Waals surface area (Å²) in [5.41, 5.74) is 1.92. The third-order valence-corrected chi connectivity index (χ3v) is 5.38. The summed E-state index contributed by atoms with van der Waals surface area (Å²) in [5, 5.41) is 1.57. The number of rotatable bonds is 0. The van der Waals surface area contributed by atoms with Gasteiger partial charge >= 0.3 is 0 Å². The van der Waals surface area contributed by atoms with Crippen molar-refractivity contribution in [2.45, 2.75) is 6.92 Å². The van der Waals surface area contributed by atoms with Crippen LogP contribution in [0, 0.1) is 6.92 Å². The van der Waals surface area contributed by atoms with E-state index in [4.69, 9.17) is 21.3 Å². The summed E-state index contributed by atoms with van der Waals surface area (Å²) in [6.07, 6.45) is 0. The van der Waals surface area contributed by atoms with Crippen molar-refractivity contribution < 1.29 is 4.74 Å². The highest BCUT2D eigenvalue weighted by molar-refractivity contribution is 7.14. The highest BCUT2D eigenvalue weighted by Gasteiger charge is 2.26. The number of nitrogens with zero attached hydrogens (tertiary/aromatic N) is 3. The van der Waals surface area contributed by atoms with E-state index in [0.717, 1.165) is 54.1 Å². The molecule has 6 heteroatoms. The maximum absolute atomic E-state index is 6.13. The minimum atomic E-state index is 0.664. The van der Waals surface area contributed by atoms with Crippen molar-refractivity contribution in [3.8, 4) is 10.8 Å². The highest BCUT2D eigenvalue weighted by Crippen LogP contribution is 2.43. The number of likely N-dealkylation sites (N-methyl/N-ethyl adjacent to an activating group) is 1. The van der Waals surface area contributed by atoms with Crippen LogP contribution in [0.1, 0.15) is 10.4 Å². The molecule has 1 fully saturated rings. The molecule has 1 saturated heterocycles. The largest absolute Gasteiger partial charge is 0.444 e. The van der Waals surface area contributed by atoms with Crippen LogP contribution in [0.3, 0.4) is 0 Å². The van der Waals surface area contributed by atoms with Crippen LogP contribution >= 0.6 is 22.9 Å². The van der Waals surface area contributed by atoms with Crippen molar-refractivity contribution >= 4 is 34.5 Å². The average molecular weight is 348 g/mol. The molecule has 0 amide bonds. The molecule has 0 radical (unpaired) electrons. The molecular formula is C17H18ClN3OS. The van der Waals surface area contributed by atoms with Crippen LogP contribution in [0.25, 0.3) is 0 Å². The maximum atomic E-state index is 6.13. The molecule has 4 nitrogen and oxygen atoms in total. The SMILES string of the molecule is Cc1cc2c(s1)Oc1cc(Cl)ccc1N=C2N1CCN(C)CC1. The van der Waals surface area contributed by atoms with Gasteiger partial charge in [0.25, 0.3) is 0 Å². The van der Waals surface area contributed by atoms with E-state index in [-0.39, 0.29) is 0 Å². The van der Waals surface area contributed by atoms with Gasteiger partial charge in [-0.1, -0.05) is 11.6 Å². The summed E-state index contributed by atoms with van der Waals surface area (Å²) in [6.45, 7) is 6.15. The first-order valence-corrected chi connectivity index (χ1v) is 8.90. The van der Waals surface area contributed by atoms with Crippen molar-refractivity contribution in [1.82, 2.24) is 9.80 Å². The second-order valence-electron chi connectivity index (χ2n) is 6.00. The molecule has 0 aliphatic carbocycles. The number of fused-ring (bicyclic) bond motifs is 2. The molecular weight excluding hydrogens is 330 g/mol. The second kappa shape index (κ2) is 5.82. The van der Waals surface area contributed by atoms with Crippen molar-refractivity contribution in [3.05, 3.63) is 39.7 Å². The molecule has 1 aromatic carbocycles. The second-order valence-corrected chi connectivity index (χ2v) is 7.65. The van der Waals surface area contributed by atoms with Crippen LogP contribution in [0.2, 0.25) is 5.02 Å². The fraction of sp³-hybridized carbons (Fsp3) is 0.353. The lowest BCUT2D eigenvalue weighted by Crippen LogP contribution is -2.47. The molecule has 3 heterocycles. The Bertz CT molecular complexity index is 778. The Balaban J connectivity index is 1.82. The number of piperazine rings is 1. The first-order valence-electron chi connectivity index (χ1n) is 7.70. The molecule has 0 N–H and O–H groups in total. The molecule has 0 bridgehead atoms. The van der Waals surface area contributed by atoms with Gasteiger partial charge in [-0.05, 0) is 32.2 Å². The molecule has 4 rings (SSSR count). The quantitative estimate of drug-likeness (QED) is 0.717.